The molecule has 0 aliphatic heterocycles. The van der Waals surface area contributed by atoms with Gasteiger partial charge in [0.05, 0.1) is 0 Å². The second-order valence-corrected chi connectivity index (χ2v) is 7.01. The van der Waals surface area contributed by atoms with E-state index in [-0.39, 0.29) is 17.2 Å². The van der Waals surface area contributed by atoms with Gasteiger partial charge in [-0.15, -0.1) is 0 Å². The van der Waals surface area contributed by atoms with E-state index >= 15 is 0 Å². The van der Waals surface area contributed by atoms with Crippen molar-refractivity contribution in [3.05, 3.63) is 0 Å². The molecule has 2 fully saturated rings. The zero-order chi connectivity index (χ0) is 12.1. The fourth-order valence-corrected chi connectivity index (χ4v) is 3.97. The molecular weight excluding hydrogens is 198 g/mol. The molecular formula is C14H25NO. The molecule has 0 heterocycles. The van der Waals surface area contributed by atoms with E-state index in [1.165, 1.54) is 19.3 Å². The van der Waals surface area contributed by atoms with Gasteiger partial charge in [-0.05, 0) is 36.0 Å². The summed E-state index contributed by atoms with van der Waals surface area (Å²) in [5.74, 6) is 1.11. The SMILES string of the molecule is CC(C)C(=O)NC1C2(C)CCC(C2)C1(C)C. The van der Waals surface area contributed by atoms with Crippen molar-refractivity contribution in [1.82, 2.24) is 5.32 Å². The molecule has 2 bridgehead atoms. The van der Waals surface area contributed by atoms with Crippen molar-refractivity contribution < 1.29 is 4.79 Å². The molecule has 1 N–H and O–H groups in total. The molecule has 16 heavy (non-hydrogen) atoms. The lowest BCUT2D eigenvalue weighted by atomic mass is 9.68. The number of carbonyl (C=O) groups is 1. The van der Waals surface area contributed by atoms with Gasteiger partial charge in [0, 0.05) is 12.0 Å². The number of carbonyl (C=O) groups excluding carboxylic acids is 1. The van der Waals surface area contributed by atoms with Gasteiger partial charge < -0.3 is 5.32 Å². The van der Waals surface area contributed by atoms with Gasteiger partial charge in [0.15, 0.2) is 0 Å². The molecule has 2 rings (SSSR count). The van der Waals surface area contributed by atoms with E-state index < -0.39 is 0 Å². The van der Waals surface area contributed by atoms with Gasteiger partial charge in [-0.1, -0.05) is 34.6 Å². The van der Waals surface area contributed by atoms with Gasteiger partial charge in [0.1, 0.15) is 0 Å². The van der Waals surface area contributed by atoms with Crippen LogP contribution in [0.1, 0.15) is 53.9 Å². The van der Waals surface area contributed by atoms with E-state index in [0.29, 0.717) is 11.5 Å². The Balaban J connectivity index is 2.17. The first-order valence-electron chi connectivity index (χ1n) is 6.58. The Labute approximate surface area is 99.2 Å². The Bertz CT molecular complexity index is 303. The van der Waals surface area contributed by atoms with Gasteiger partial charge >= 0.3 is 0 Å². The molecule has 2 saturated carbocycles. The number of rotatable bonds is 2. The predicted octanol–water partition coefficient (Wildman–Crippen LogP) is 2.97. The van der Waals surface area contributed by atoms with E-state index in [1.807, 2.05) is 13.8 Å². The van der Waals surface area contributed by atoms with E-state index in [0.717, 1.165) is 5.92 Å². The molecule has 0 spiro atoms. The predicted molar refractivity (Wildman–Crippen MR) is 66.0 cm³/mol. The van der Waals surface area contributed by atoms with Gasteiger partial charge in [-0.3, -0.25) is 4.79 Å². The molecule has 0 aromatic carbocycles. The van der Waals surface area contributed by atoms with Crippen LogP contribution in [0.15, 0.2) is 0 Å². The lowest BCUT2D eigenvalue weighted by Crippen LogP contribution is -2.53. The fourth-order valence-electron chi connectivity index (χ4n) is 3.97. The molecule has 3 atom stereocenters. The number of amides is 1. The summed E-state index contributed by atoms with van der Waals surface area (Å²) in [5.41, 5.74) is 0.621. The third-order valence-electron chi connectivity index (χ3n) is 5.08. The van der Waals surface area contributed by atoms with Crippen LogP contribution in [-0.4, -0.2) is 11.9 Å². The normalized spacial score (nSPS) is 40.4. The van der Waals surface area contributed by atoms with Gasteiger partial charge in [0.2, 0.25) is 5.91 Å². The zero-order valence-corrected chi connectivity index (χ0v) is 11.3. The first-order chi connectivity index (χ1) is 7.27. The Morgan fingerprint density at radius 3 is 2.38 bits per heavy atom. The van der Waals surface area contributed by atoms with E-state index in [1.54, 1.807) is 0 Å². The Hall–Kier alpha value is -0.530. The van der Waals surface area contributed by atoms with Gasteiger partial charge in [-0.2, -0.15) is 0 Å². The largest absolute Gasteiger partial charge is 0.352 e. The van der Waals surface area contributed by atoms with E-state index in [2.05, 4.69) is 26.1 Å². The van der Waals surface area contributed by atoms with Crippen LogP contribution in [-0.2, 0) is 4.79 Å². The lowest BCUT2D eigenvalue weighted by molar-refractivity contribution is -0.126. The van der Waals surface area contributed by atoms with Crippen LogP contribution in [0.25, 0.3) is 0 Å². The summed E-state index contributed by atoms with van der Waals surface area (Å²) in [6.07, 6.45) is 3.92. The summed E-state index contributed by atoms with van der Waals surface area (Å²) >= 11 is 0. The summed E-state index contributed by atoms with van der Waals surface area (Å²) in [5, 5.41) is 3.30. The summed E-state index contributed by atoms with van der Waals surface area (Å²) in [7, 11) is 0. The van der Waals surface area contributed by atoms with Crippen LogP contribution in [0.2, 0.25) is 0 Å². The van der Waals surface area contributed by atoms with Crippen molar-refractivity contribution in [3.8, 4) is 0 Å². The fraction of sp³-hybridized carbons (Fsp3) is 0.929. The zero-order valence-electron chi connectivity index (χ0n) is 11.3. The van der Waals surface area contributed by atoms with Crippen LogP contribution < -0.4 is 5.32 Å². The molecule has 2 heteroatoms. The Kier molecular flexibility index (Phi) is 2.60. The summed E-state index contributed by atoms with van der Waals surface area (Å²) < 4.78 is 0. The molecule has 2 aliphatic carbocycles. The maximum absolute atomic E-state index is 11.9. The van der Waals surface area contributed by atoms with Crippen LogP contribution in [0, 0.1) is 22.7 Å². The highest BCUT2D eigenvalue weighted by molar-refractivity contribution is 5.78. The molecule has 1 amide bonds. The van der Waals surface area contributed by atoms with E-state index in [4.69, 9.17) is 0 Å². The second-order valence-electron chi connectivity index (χ2n) is 7.01. The van der Waals surface area contributed by atoms with Crippen LogP contribution in [0.4, 0.5) is 0 Å². The summed E-state index contributed by atoms with van der Waals surface area (Å²) in [4.78, 5) is 11.9. The standard InChI is InChI=1S/C14H25NO/c1-9(2)11(16)15-12-13(3,4)10-6-7-14(12,5)8-10/h9-10,12H,6-8H2,1-5H3,(H,15,16). The average molecular weight is 223 g/mol. The molecule has 0 saturated heterocycles. The Morgan fingerprint density at radius 1 is 1.31 bits per heavy atom. The molecule has 92 valence electrons. The monoisotopic (exact) mass is 223 g/mol. The third kappa shape index (κ3) is 1.57. The molecule has 2 nitrogen and oxygen atoms in total. The molecule has 0 radical (unpaired) electrons. The van der Waals surface area contributed by atoms with Crippen molar-refractivity contribution in [2.24, 2.45) is 22.7 Å². The number of fused-ring (bicyclic) bond motifs is 2. The second kappa shape index (κ2) is 3.48. The van der Waals surface area contributed by atoms with Gasteiger partial charge in [0.25, 0.3) is 0 Å². The van der Waals surface area contributed by atoms with Crippen LogP contribution in [0.3, 0.4) is 0 Å². The highest BCUT2D eigenvalue weighted by Crippen LogP contribution is 2.62. The maximum Gasteiger partial charge on any atom is 0.222 e. The van der Waals surface area contributed by atoms with Crippen LogP contribution in [0.5, 0.6) is 0 Å². The minimum atomic E-state index is 0.0959. The van der Waals surface area contributed by atoms with Crippen molar-refractivity contribution in [1.29, 1.82) is 0 Å². The Morgan fingerprint density at radius 2 is 1.94 bits per heavy atom. The minimum Gasteiger partial charge on any atom is -0.352 e. The number of hydrogen-bond acceptors (Lipinski definition) is 1. The van der Waals surface area contributed by atoms with Gasteiger partial charge in [-0.25, -0.2) is 0 Å². The highest BCUT2D eigenvalue weighted by atomic mass is 16.1. The average Bonchev–Trinajstić information content (AvgIpc) is 2.63. The number of hydrogen-bond donors (Lipinski definition) is 1. The molecule has 0 aromatic heterocycles. The first kappa shape index (κ1) is 11.9. The molecule has 0 aromatic rings. The van der Waals surface area contributed by atoms with Crippen molar-refractivity contribution >= 4 is 5.91 Å². The molecule has 3 unspecified atom stereocenters. The maximum atomic E-state index is 11.9. The highest BCUT2D eigenvalue weighted by Gasteiger charge is 2.59. The van der Waals surface area contributed by atoms with Crippen molar-refractivity contribution in [3.63, 3.8) is 0 Å². The molecule has 2 aliphatic rings. The smallest absolute Gasteiger partial charge is 0.222 e. The topological polar surface area (TPSA) is 29.1 Å². The number of nitrogens with one attached hydrogen (secondary N) is 1. The summed E-state index contributed by atoms with van der Waals surface area (Å²) in [6.45, 7) is 10.9. The van der Waals surface area contributed by atoms with E-state index in [9.17, 15) is 4.79 Å². The quantitative estimate of drug-likeness (QED) is 0.766. The third-order valence-corrected chi connectivity index (χ3v) is 5.08. The van der Waals surface area contributed by atoms with Crippen molar-refractivity contribution in [2.75, 3.05) is 0 Å². The lowest BCUT2D eigenvalue weighted by Gasteiger charge is -2.43. The summed E-state index contributed by atoms with van der Waals surface area (Å²) in [6, 6.07) is 0.369. The van der Waals surface area contributed by atoms with Crippen LogP contribution >= 0.6 is 0 Å². The first-order valence-corrected chi connectivity index (χ1v) is 6.58. The minimum absolute atomic E-state index is 0.0959. The van der Waals surface area contributed by atoms with Crippen molar-refractivity contribution in [2.45, 2.75) is 59.9 Å².